The van der Waals surface area contributed by atoms with Gasteiger partial charge in [0.2, 0.25) is 0 Å². The highest BCUT2D eigenvalue weighted by molar-refractivity contribution is 5.66. The van der Waals surface area contributed by atoms with Crippen LogP contribution in [0, 0.1) is 0 Å². The summed E-state index contributed by atoms with van der Waals surface area (Å²) >= 11 is 0. The van der Waals surface area contributed by atoms with Crippen molar-refractivity contribution in [3.05, 3.63) is 77.6 Å². The summed E-state index contributed by atoms with van der Waals surface area (Å²) in [5.74, 6) is -0.337. The molecule has 116 valence electrons. The van der Waals surface area contributed by atoms with E-state index in [4.69, 9.17) is 5.11 Å². The molecule has 0 amide bonds. The smallest absolute Gasteiger partial charge is 0.325 e. The second-order valence-corrected chi connectivity index (χ2v) is 5.22. The molecule has 6 heteroatoms. The molecule has 0 unspecified atom stereocenters. The fraction of sp³-hybridized carbons (Fsp3) is 0.176. The predicted octanol–water partition coefficient (Wildman–Crippen LogP) is 2.13. The third-order valence-corrected chi connectivity index (χ3v) is 3.68. The van der Waals surface area contributed by atoms with Crippen molar-refractivity contribution in [3.63, 3.8) is 0 Å². The van der Waals surface area contributed by atoms with Crippen LogP contribution in [0.1, 0.15) is 22.9 Å². The van der Waals surface area contributed by atoms with Crippen LogP contribution in [0.2, 0.25) is 0 Å². The molecule has 3 aromatic rings. The van der Waals surface area contributed by atoms with E-state index in [-0.39, 0.29) is 12.5 Å². The zero-order chi connectivity index (χ0) is 16.1. The Labute approximate surface area is 133 Å². The van der Waals surface area contributed by atoms with Crippen molar-refractivity contribution in [1.29, 1.82) is 0 Å². The highest BCUT2D eigenvalue weighted by atomic mass is 16.4. The van der Waals surface area contributed by atoms with Gasteiger partial charge in [-0.15, -0.1) is 5.10 Å². The Balaban J connectivity index is 1.94. The molecular formula is C17H16N4O2. The van der Waals surface area contributed by atoms with Gasteiger partial charge in [0.1, 0.15) is 6.54 Å². The minimum atomic E-state index is -0.963. The number of benzene rings is 2. The molecule has 1 heterocycles. The van der Waals surface area contributed by atoms with Crippen LogP contribution in [0.4, 0.5) is 0 Å². The number of carboxylic acids is 1. The zero-order valence-corrected chi connectivity index (χ0v) is 12.4. The molecule has 0 aliphatic carbocycles. The van der Waals surface area contributed by atoms with Crippen LogP contribution < -0.4 is 0 Å². The summed E-state index contributed by atoms with van der Waals surface area (Å²) in [6.45, 7) is -0.237. The number of hydrogen-bond acceptors (Lipinski definition) is 4. The standard InChI is InChI=1S/C17H16N4O2/c22-17(23)12-21-16(18-19-20-21)11-15(13-7-3-1-4-8-13)14-9-5-2-6-10-14/h1-10,15H,11-12H2,(H,22,23). The molecule has 0 saturated heterocycles. The summed E-state index contributed by atoms with van der Waals surface area (Å²) < 4.78 is 1.33. The number of rotatable bonds is 6. The van der Waals surface area contributed by atoms with Crippen molar-refractivity contribution in [2.24, 2.45) is 0 Å². The van der Waals surface area contributed by atoms with Crippen LogP contribution in [0.15, 0.2) is 60.7 Å². The Morgan fingerprint density at radius 1 is 1.00 bits per heavy atom. The van der Waals surface area contributed by atoms with Crippen LogP contribution in [0.25, 0.3) is 0 Å². The van der Waals surface area contributed by atoms with Crippen molar-refractivity contribution >= 4 is 5.97 Å². The molecule has 0 bridgehead atoms. The molecule has 6 nitrogen and oxygen atoms in total. The summed E-state index contributed by atoms with van der Waals surface area (Å²) in [5, 5.41) is 20.3. The van der Waals surface area contributed by atoms with Gasteiger partial charge in [-0.1, -0.05) is 60.7 Å². The second-order valence-electron chi connectivity index (χ2n) is 5.22. The highest BCUT2D eigenvalue weighted by Crippen LogP contribution is 2.27. The average molecular weight is 308 g/mol. The molecule has 2 aromatic carbocycles. The molecule has 1 aromatic heterocycles. The van der Waals surface area contributed by atoms with Crippen LogP contribution >= 0.6 is 0 Å². The number of carboxylic acid groups (broad SMARTS) is 1. The van der Waals surface area contributed by atoms with Crippen LogP contribution in [-0.4, -0.2) is 31.3 Å². The van der Waals surface area contributed by atoms with E-state index >= 15 is 0 Å². The van der Waals surface area contributed by atoms with E-state index in [0.29, 0.717) is 12.2 Å². The molecule has 0 saturated carbocycles. The highest BCUT2D eigenvalue weighted by Gasteiger charge is 2.19. The summed E-state index contributed by atoms with van der Waals surface area (Å²) in [5.41, 5.74) is 2.28. The molecule has 3 rings (SSSR count). The maximum atomic E-state index is 10.9. The topological polar surface area (TPSA) is 80.9 Å². The van der Waals surface area contributed by atoms with E-state index < -0.39 is 5.97 Å². The average Bonchev–Trinajstić information content (AvgIpc) is 3.00. The third kappa shape index (κ3) is 3.60. The van der Waals surface area contributed by atoms with E-state index in [9.17, 15) is 4.79 Å². The number of nitrogens with zero attached hydrogens (tertiary/aromatic N) is 4. The van der Waals surface area contributed by atoms with Gasteiger partial charge in [0.25, 0.3) is 0 Å². The van der Waals surface area contributed by atoms with Crippen molar-refractivity contribution in [2.45, 2.75) is 18.9 Å². The monoisotopic (exact) mass is 308 g/mol. The summed E-state index contributed by atoms with van der Waals surface area (Å²) in [6.07, 6.45) is 0.536. The number of aliphatic carboxylic acids is 1. The van der Waals surface area contributed by atoms with E-state index in [1.807, 2.05) is 36.4 Å². The van der Waals surface area contributed by atoms with E-state index in [1.54, 1.807) is 0 Å². The van der Waals surface area contributed by atoms with E-state index in [1.165, 1.54) is 4.68 Å². The Kier molecular flexibility index (Phi) is 4.42. The van der Waals surface area contributed by atoms with Gasteiger partial charge in [-0.2, -0.15) is 0 Å². The van der Waals surface area contributed by atoms with Gasteiger partial charge in [0, 0.05) is 12.3 Å². The number of tetrazole rings is 1. The first kappa shape index (κ1) is 14.9. The fourth-order valence-corrected chi connectivity index (χ4v) is 2.60. The Morgan fingerprint density at radius 3 is 2.09 bits per heavy atom. The minimum Gasteiger partial charge on any atom is -0.480 e. The lowest BCUT2D eigenvalue weighted by molar-refractivity contribution is -0.138. The van der Waals surface area contributed by atoms with Crippen molar-refractivity contribution in [1.82, 2.24) is 20.2 Å². The Hall–Kier alpha value is -3.02. The minimum absolute atomic E-state index is 0.0657. The summed E-state index contributed by atoms with van der Waals surface area (Å²) in [4.78, 5) is 10.9. The van der Waals surface area contributed by atoms with Crippen molar-refractivity contribution < 1.29 is 9.90 Å². The van der Waals surface area contributed by atoms with Gasteiger partial charge >= 0.3 is 5.97 Å². The molecule has 0 fully saturated rings. The lowest BCUT2D eigenvalue weighted by atomic mass is 9.88. The van der Waals surface area contributed by atoms with Gasteiger partial charge in [-0.25, -0.2) is 4.68 Å². The summed E-state index contributed by atoms with van der Waals surface area (Å²) in [7, 11) is 0. The Bertz CT molecular complexity index is 732. The van der Waals surface area contributed by atoms with Crippen molar-refractivity contribution in [2.75, 3.05) is 0 Å². The van der Waals surface area contributed by atoms with Gasteiger partial charge in [-0.05, 0) is 21.6 Å². The molecule has 1 N–H and O–H groups in total. The van der Waals surface area contributed by atoms with E-state index in [2.05, 4.69) is 39.8 Å². The van der Waals surface area contributed by atoms with E-state index in [0.717, 1.165) is 11.1 Å². The first-order chi connectivity index (χ1) is 11.2. The molecular weight excluding hydrogens is 292 g/mol. The molecule has 0 radical (unpaired) electrons. The molecule has 0 atom stereocenters. The normalized spacial score (nSPS) is 10.8. The molecule has 23 heavy (non-hydrogen) atoms. The summed E-state index contributed by atoms with van der Waals surface area (Å²) in [6, 6.07) is 20.1. The third-order valence-electron chi connectivity index (χ3n) is 3.68. The van der Waals surface area contributed by atoms with Crippen molar-refractivity contribution in [3.8, 4) is 0 Å². The van der Waals surface area contributed by atoms with Gasteiger partial charge in [0.05, 0.1) is 0 Å². The number of carbonyl (C=O) groups is 1. The SMILES string of the molecule is O=C(O)Cn1nnnc1CC(c1ccccc1)c1ccccc1. The Morgan fingerprint density at radius 2 is 1.57 bits per heavy atom. The van der Waals surface area contributed by atoms with Crippen LogP contribution in [0.5, 0.6) is 0 Å². The number of hydrogen-bond donors (Lipinski definition) is 1. The van der Waals surface area contributed by atoms with Gasteiger partial charge in [0.15, 0.2) is 5.82 Å². The van der Waals surface area contributed by atoms with Crippen LogP contribution in [-0.2, 0) is 17.8 Å². The predicted molar refractivity (Wildman–Crippen MR) is 83.9 cm³/mol. The quantitative estimate of drug-likeness (QED) is 0.754. The molecule has 0 aliphatic heterocycles. The lowest BCUT2D eigenvalue weighted by Crippen LogP contribution is -2.16. The zero-order valence-electron chi connectivity index (χ0n) is 12.4. The molecule has 0 spiro atoms. The molecule has 0 aliphatic rings. The largest absolute Gasteiger partial charge is 0.480 e. The van der Waals surface area contributed by atoms with Crippen LogP contribution in [0.3, 0.4) is 0 Å². The maximum absolute atomic E-state index is 10.9. The van der Waals surface area contributed by atoms with Gasteiger partial charge in [-0.3, -0.25) is 4.79 Å². The maximum Gasteiger partial charge on any atom is 0.325 e. The second kappa shape index (κ2) is 6.83. The first-order valence-corrected chi connectivity index (χ1v) is 7.31. The lowest BCUT2D eigenvalue weighted by Gasteiger charge is -2.17. The number of aromatic nitrogens is 4. The first-order valence-electron chi connectivity index (χ1n) is 7.31. The fourth-order valence-electron chi connectivity index (χ4n) is 2.60. The van der Waals surface area contributed by atoms with Gasteiger partial charge < -0.3 is 5.11 Å².